The van der Waals surface area contributed by atoms with E-state index in [2.05, 4.69) is 42.2 Å². The fraction of sp³-hybridized carbons (Fsp3) is 0.500. The average Bonchev–Trinajstić information content (AvgIpc) is 2.46. The van der Waals surface area contributed by atoms with Crippen LogP contribution in [0.3, 0.4) is 0 Å². The second-order valence-corrected chi connectivity index (χ2v) is 6.39. The van der Waals surface area contributed by atoms with E-state index in [-0.39, 0.29) is 5.54 Å². The molecule has 1 fully saturated rings. The van der Waals surface area contributed by atoms with Gasteiger partial charge in [-0.15, -0.1) is 0 Å². The summed E-state index contributed by atoms with van der Waals surface area (Å²) in [7, 11) is 0. The van der Waals surface area contributed by atoms with Crippen molar-refractivity contribution in [2.45, 2.75) is 51.5 Å². The van der Waals surface area contributed by atoms with Crippen molar-refractivity contribution in [2.24, 2.45) is 11.7 Å². The third-order valence-electron chi connectivity index (χ3n) is 4.87. The smallest absolute Gasteiger partial charge is 0.0705 e. The molecule has 2 nitrogen and oxygen atoms in total. The first-order valence-electron chi connectivity index (χ1n) is 7.77. The van der Waals surface area contributed by atoms with Gasteiger partial charge in [-0.1, -0.05) is 38.3 Å². The maximum atomic E-state index is 6.75. The molecule has 1 aliphatic carbocycles. The van der Waals surface area contributed by atoms with E-state index in [0.717, 1.165) is 30.0 Å². The fourth-order valence-corrected chi connectivity index (χ4v) is 3.57. The van der Waals surface area contributed by atoms with Crippen molar-refractivity contribution in [1.82, 2.24) is 4.98 Å². The zero-order chi connectivity index (χ0) is 14.2. The average molecular weight is 268 g/mol. The maximum absolute atomic E-state index is 6.75. The van der Waals surface area contributed by atoms with Gasteiger partial charge in [-0.25, -0.2) is 0 Å². The number of aryl methyl sites for hydroxylation is 1. The van der Waals surface area contributed by atoms with Crippen LogP contribution in [0.15, 0.2) is 30.3 Å². The molecule has 1 saturated carbocycles. The number of hydrogen-bond acceptors (Lipinski definition) is 2. The van der Waals surface area contributed by atoms with Crippen molar-refractivity contribution >= 4 is 10.9 Å². The van der Waals surface area contributed by atoms with E-state index in [4.69, 9.17) is 5.73 Å². The molecule has 3 rings (SSSR count). The van der Waals surface area contributed by atoms with Crippen LogP contribution in [0.2, 0.25) is 0 Å². The zero-order valence-corrected chi connectivity index (χ0v) is 12.5. The first-order valence-corrected chi connectivity index (χ1v) is 7.77. The minimum Gasteiger partial charge on any atom is -0.321 e. The second-order valence-electron chi connectivity index (χ2n) is 6.39. The standard InChI is InChI=1S/C18H24N2/c1-3-14-5-4-10-18(19,12-14)16-8-9-17-15(11-16)7-6-13(2)20-17/h6-9,11,14H,3-5,10,12,19H2,1-2H3. The Bertz CT molecular complexity index is 620. The van der Waals surface area contributed by atoms with Gasteiger partial charge in [-0.05, 0) is 49.4 Å². The summed E-state index contributed by atoms with van der Waals surface area (Å²) in [5.41, 5.74) is 10.0. The summed E-state index contributed by atoms with van der Waals surface area (Å²) in [6.45, 7) is 4.31. The molecule has 2 aromatic rings. The number of pyridine rings is 1. The first kappa shape index (κ1) is 13.6. The van der Waals surface area contributed by atoms with Crippen molar-refractivity contribution in [2.75, 3.05) is 0 Å². The van der Waals surface area contributed by atoms with E-state index in [9.17, 15) is 0 Å². The number of aromatic nitrogens is 1. The number of hydrogen-bond donors (Lipinski definition) is 1. The van der Waals surface area contributed by atoms with E-state index in [1.165, 1.54) is 30.2 Å². The lowest BCUT2D eigenvalue weighted by Crippen LogP contribution is -2.41. The lowest BCUT2D eigenvalue weighted by molar-refractivity contribution is 0.221. The van der Waals surface area contributed by atoms with Crippen molar-refractivity contribution in [3.63, 3.8) is 0 Å². The van der Waals surface area contributed by atoms with E-state index in [1.807, 2.05) is 6.92 Å². The molecule has 0 bridgehead atoms. The Morgan fingerprint density at radius 3 is 2.95 bits per heavy atom. The van der Waals surface area contributed by atoms with E-state index >= 15 is 0 Å². The van der Waals surface area contributed by atoms with Crippen LogP contribution in [-0.2, 0) is 5.54 Å². The van der Waals surface area contributed by atoms with E-state index in [0.29, 0.717) is 0 Å². The van der Waals surface area contributed by atoms with Crippen LogP contribution in [0, 0.1) is 12.8 Å². The molecule has 0 spiro atoms. The fourth-order valence-electron chi connectivity index (χ4n) is 3.57. The van der Waals surface area contributed by atoms with Crippen LogP contribution < -0.4 is 5.73 Å². The minimum atomic E-state index is -0.141. The van der Waals surface area contributed by atoms with Crippen LogP contribution in [-0.4, -0.2) is 4.98 Å². The molecule has 1 heterocycles. The summed E-state index contributed by atoms with van der Waals surface area (Å²) >= 11 is 0. The molecule has 0 radical (unpaired) electrons. The lowest BCUT2D eigenvalue weighted by atomic mass is 9.71. The molecule has 2 atom stereocenters. The van der Waals surface area contributed by atoms with Gasteiger partial charge < -0.3 is 5.73 Å². The Morgan fingerprint density at radius 1 is 1.30 bits per heavy atom. The van der Waals surface area contributed by atoms with Gasteiger partial charge in [0.05, 0.1) is 5.52 Å². The highest BCUT2D eigenvalue weighted by Crippen LogP contribution is 2.39. The highest BCUT2D eigenvalue weighted by atomic mass is 14.8. The minimum absolute atomic E-state index is 0.141. The van der Waals surface area contributed by atoms with Gasteiger partial charge in [0.25, 0.3) is 0 Å². The molecule has 106 valence electrons. The largest absolute Gasteiger partial charge is 0.321 e. The number of rotatable bonds is 2. The molecule has 2 unspecified atom stereocenters. The molecule has 1 aromatic heterocycles. The molecule has 20 heavy (non-hydrogen) atoms. The van der Waals surface area contributed by atoms with Gasteiger partial charge in [-0.2, -0.15) is 0 Å². The number of nitrogens with zero attached hydrogens (tertiary/aromatic N) is 1. The van der Waals surface area contributed by atoms with Crippen molar-refractivity contribution in [1.29, 1.82) is 0 Å². The topological polar surface area (TPSA) is 38.9 Å². The molecule has 0 aliphatic heterocycles. The zero-order valence-electron chi connectivity index (χ0n) is 12.5. The van der Waals surface area contributed by atoms with Crippen molar-refractivity contribution < 1.29 is 0 Å². The highest BCUT2D eigenvalue weighted by molar-refractivity contribution is 5.79. The van der Waals surface area contributed by atoms with Gasteiger partial charge in [-0.3, -0.25) is 4.98 Å². The Hall–Kier alpha value is -1.41. The van der Waals surface area contributed by atoms with Gasteiger partial charge >= 0.3 is 0 Å². The van der Waals surface area contributed by atoms with E-state index < -0.39 is 0 Å². The SMILES string of the molecule is CCC1CCCC(N)(c2ccc3nc(C)ccc3c2)C1. The van der Waals surface area contributed by atoms with Gasteiger partial charge in [0.2, 0.25) is 0 Å². The maximum Gasteiger partial charge on any atom is 0.0705 e. The number of fused-ring (bicyclic) bond motifs is 1. The summed E-state index contributed by atoms with van der Waals surface area (Å²) < 4.78 is 0. The molecular formula is C18H24N2. The van der Waals surface area contributed by atoms with Crippen LogP contribution in [0.25, 0.3) is 10.9 Å². The monoisotopic (exact) mass is 268 g/mol. The molecule has 0 amide bonds. The van der Waals surface area contributed by atoms with Gasteiger partial charge in [0, 0.05) is 16.6 Å². The predicted molar refractivity (Wildman–Crippen MR) is 84.6 cm³/mol. The summed E-state index contributed by atoms with van der Waals surface area (Å²) in [4.78, 5) is 4.57. The summed E-state index contributed by atoms with van der Waals surface area (Å²) in [5.74, 6) is 0.778. The second kappa shape index (κ2) is 5.17. The summed E-state index contributed by atoms with van der Waals surface area (Å²) in [5, 5.41) is 1.21. The number of nitrogens with two attached hydrogens (primary N) is 1. The molecular weight excluding hydrogens is 244 g/mol. The molecule has 0 saturated heterocycles. The van der Waals surface area contributed by atoms with Gasteiger partial charge in [0.15, 0.2) is 0 Å². The molecule has 2 N–H and O–H groups in total. The van der Waals surface area contributed by atoms with Crippen molar-refractivity contribution in [3.05, 3.63) is 41.6 Å². The van der Waals surface area contributed by atoms with E-state index in [1.54, 1.807) is 0 Å². The normalized spacial score (nSPS) is 26.9. The molecule has 1 aliphatic rings. The Balaban J connectivity index is 1.98. The summed E-state index contributed by atoms with van der Waals surface area (Å²) in [6.07, 6.45) is 6.05. The third kappa shape index (κ3) is 2.45. The van der Waals surface area contributed by atoms with Crippen LogP contribution >= 0.6 is 0 Å². The van der Waals surface area contributed by atoms with Gasteiger partial charge in [0.1, 0.15) is 0 Å². The first-order chi connectivity index (χ1) is 9.60. The predicted octanol–water partition coefficient (Wildman–Crippen LogP) is 4.30. The van der Waals surface area contributed by atoms with Crippen LogP contribution in [0.4, 0.5) is 0 Å². The molecule has 2 heteroatoms. The highest BCUT2D eigenvalue weighted by Gasteiger charge is 2.33. The third-order valence-corrected chi connectivity index (χ3v) is 4.87. The van der Waals surface area contributed by atoms with Crippen LogP contribution in [0.5, 0.6) is 0 Å². The quantitative estimate of drug-likeness (QED) is 0.882. The summed E-state index contributed by atoms with van der Waals surface area (Å²) in [6, 6.07) is 10.8. The lowest BCUT2D eigenvalue weighted by Gasteiger charge is -2.38. The Labute approximate surface area is 121 Å². The molecule has 1 aromatic carbocycles. The number of benzene rings is 1. The van der Waals surface area contributed by atoms with Crippen LogP contribution in [0.1, 0.15) is 50.3 Å². The Kier molecular flexibility index (Phi) is 3.51. The Morgan fingerprint density at radius 2 is 2.15 bits per heavy atom. The van der Waals surface area contributed by atoms with Crippen molar-refractivity contribution in [3.8, 4) is 0 Å².